The van der Waals surface area contributed by atoms with Gasteiger partial charge in [0.2, 0.25) is 0 Å². The molecule has 0 aromatic carbocycles. The van der Waals surface area contributed by atoms with Gasteiger partial charge in [-0.1, -0.05) is 32.6 Å². The summed E-state index contributed by atoms with van der Waals surface area (Å²) in [7, 11) is -1.95. The minimum atomic E-state index is -1.95. The summed E-state index contributed by atoms with van der Waals surface area (Å²) in [4.78, 5) is 0. The zero-order valence-electron chi connectivity index (χ0n) is 10.4. The van der Waals surface area contributed by atoms with Gasteiger partial charge >= 0.3 is 8.03 Å². The van der Waals surface area contributed by atoms with E-state index in [0.717, 1.165) is 38.5 Å². The molecule has 1 aliphatic carbocycles. The highest BCUT2D eigenvalue weighted by molar-refractivity contribution is 7.40. The molecule has 0 radical (unpaired) electrons. The first-order valence-corrected chi connectivity index (χ1v) is 7.60. The average molecular weight is 247 g/mol. The van der Waals surface area contributed by atoms with Crippen LogP contribution in [0.2, 0.25) is 0 Å². The van der Waals surface area contributed by atoms with Gasteiger partial charge in [0.15, 0.2) is 0 Å². The summed E-state index contributed by atoms with van der Waals surface area (Å²) in [5, 5.41) is 8.89. The Morgan fingerprint density at radius 2 is 2.00 bits per heavy atom. The zero-order chi connectivity index (χ0) is 12.0. The van der Waals surface area contributed by atoms with Gasteiger partial charge in [-0.3, -0.25) is 0 Å². The predicted molar refractivity (Wildman–Crippen MR) is 65.7 cm³/mol. The Kier molecular flexibility index (Phi) is 5.88. The lowest BCUT2D eigenvalue weighted by Crippen LogP contribution is -2.23. The van der Waals surface area contributed by atoms with Crippen LogP contribution in [0.5, 0.6) is 0 Å². The zero-order valence-corrected chi connectivity index (χ0v) is 11.3. The van der Waals surface area contributed by atoms with Crippen LogP contribution in [0.4, 0.5) is 0 Å². The lowest BCUT2D eigenvalue weighted by Gasteiger charge is -2.18. The van der Waals surface area contributed by atoms with Crippen molar-refractivity contribution in [2.24, 2.45) is 0 Å². The Morgan fingerprint density at radius 1 is 1.38 bits per heavy atom. The van der Waals surface area contributed by atoms with Crippen molar-refractivity contribution in [3.8, 4) is 0 Å². The van der Waals surface area contributed by atoms with Gasteiger partial charge in [-0.2, -0.15) is 0 Å². The minimum absolute atomic E-state index is 0.102. The quantitative estimate of drug-likeness (QED) is 0.722. The molecule has 1 fully saturated rings. The second-order valence-corrected chi connectivity index (χ2v) is 6.63. The summed E-state index contributed by atoms with van der Waals surface area (Å²) in [5.74, 6) is 0. The molecule has 1 rings (SSSR count). The molecule has 1 saturated carbocycles. The molecule has 0 aliphatic heterocycles. The highest BCUT2D eigenvalue weighted by Crippen LogP contribution is 2.44. The third-order valence-corrected chi connectivity index (χ3v) is 4.69. The SMILES string of the molecule is CCCCC(C)(O)[P+](=O)OC1CCCCC1. The molecule has 0 aromatic heterocycles. The highest BCUT2D eigenvalue weighted by Gasteiger charge is 2.46. The van der Waals surface area contributed by atoms with E-state index in [4.69, 9.17) is 4.52 Å². The van der Waals surface area contributed by atoms with Crippen molar-refractivity contribution >= 4 is 8.03 Å². The van der Waals surface area contributed by atoms with Crippen molar-refractivity contribution in [2.75, 3.05) is 0 Å². The van der Waals surface area contributed by atoms with Crippen LogP contribution in [0.1, 0.15) is 65.2 Å². The Hall–Kier alpha value is 0.0200. The monoisotopic (exact) mass is 247 g/mol. The lowest BCUT2D eigenvalue weighted by molar-refractivity contribution is 0.0914. The van der Waals surface area contributed by atoms with E-state index in [1.54, 1.807) is 6.92 Å². The molecule has 0 bridgehead atoms. The fourth-order valence-corrected chi connectivity index (χ4v) is 3.07. The Morgan fingerprint density at radius 3 is 2.56 bits per heavy atom. The van der Waals surface area contributed by atoms with Crippen LogP contribution in [0.3, 0.4) is 0 Å². The molecule has 0 saturated heterocycles. The molecule has 0 amide bonds. The van der Waals surface area contributed by atoms with Gasteiger partial charge in [-0.25, -0.2) is 0 Å². The van der Waals surface area contributed by atoms with Gasteiger partial charge in [0.1, 0.15) is 6.10 Å². The van der Waals surface area contributed by atoms with Crippen LogP contribution in [-0.4, -0.2) is 16.6 Å². The number of hydrogen-bond acceptors (Lipinski definition) is 3. The molecule has 2 unspecified atom stereocenters. The number of unbranched alkanes of at least 4 members (excludes halogenated alkanes) is 1. The summed E-state index contributed by atoms with van der Waals surface area (Å²) in [6.07, 6.45) is 8.11. The number of rotatable bonds is 6. The first-order chi connectivity index (χ1) is 7.56. The van der Waals surface area contributed by atoms with E-state index in [1.807, 2.05) is 0 Å². The van der Waals surface area contributed by atoms with Crippen LogP contribution >= 0.6 is 8.03 Å². The van der Waals surface area contributed by atoms with Gasteiger partial charge in [-0.15, -0.1) is 4.52 Å². The van der Waals surface area contributed by atoms with Gasteiger partial charge in [0.05, 0.1) is 0 Å². The topological polar surface area (TPSA) is 46.5 Å². The molecule has 94 valence electrons. The third-order valence-electron chi connectivity index (χ3n) is 3.19. The smallest absolute Gasteiger partial charge is 0.346 e. The van der Waals surface area contributed by atoms with Crippen molar-refractivity contribution < 1.29 is 14.2 Å². The average Bonchev–Trinajstić information content (AvgIpc) is 2.28. The van der Waals surface area contributed by atoms with Gasteiger partial charge < -0.3 is 5.11 Å². The molecule has 0 heterocycles. The molecule has 2 atom stereocenters. The Labute approximate surface area is 99.4 Å². The Bertz CT molecular complexity index is 222. The van der Waals surface area contributed by atoms with Crippen LogP contribution in [0.25, 0.3) is 0 Å². The van der Waals surface area contributed by atoms with Crippen molar-refractivity contribution in [1.82, 2.24) is 0 Å². The van der Waals surface area contributed by atoms with Crippen molar-refractivity contribution in [3.63, 3.8) is 0 Å². The second kappa shape index (κ2) is 6.68. The predicted octanol–water partition coefficient (Wildman–Crippen LogP) is 3.98. The summed E-state index contributed by atoms with van der Waals surface area (Å²) < 4.78 is 17.4. The molecule has 0 spiro atoms. The van der Waals surface area contributed by atoms with Gasteiger partial charge in [0.25, 0.3) is 5.34 Å². The molecule has 1 N–H and O–H groups in total. The first-order valence-electron chi connectivity index (χ1n) is 6.43. The van der Waals surface area contributed by atoms with Gasteiger partial charge in [0, 0.05) is 13.3 Å². The number of aliphatic hydroxyl groups is 1. The van der Waals surface area contributed by atoms with E-state index in [1.165, 1.54) is 6.42 Å². The molecule has 0 aromatic rings. The Balaban J connectivity index is 2.36. The molecule has 1 aliphatic rings. The van der Waals surface area contributed by atoms with Crippen LogP contribution < -0.4 is 0 Å². The van der Waals surface area contributed by atoms with E-state index in [-0.39, 0.29) is 6.10 Å². The molecule has 4 heteroatoms. The van der Waals surface area contributed by atoms with E-state index < -0.39 is 13.4 Å². The minimum Gasteiger partial charge on any atom is -0.346 e. The maximum absolute atomic E-state index is 11.9. The summed E-state index contributed by atoms with van der Waals surface area (Å²) in [5.41, 5.74) is 0. The van der Waals surface area contributed by atoms with E-state index >= 15 is 0 Å². The number of hydrogen-bond donors (Lipinski definition) is 1. The van der Waals surface area contributed by atoms with E-state index in [9.17, 15) is 9.67 Å². The fourth-order valence-electron chi connectivity index (χ4n) is 2.02. The van der Waals surface area contributed by atoms with Crippen LogP contribution in [-0.2, 0) is 9.09 Å². The molecule has 3 nitrogen and oxygen atoms in total. The third kappa shape index (κ3) is 4.48. The molecular formula is C12H24O3P+. The van der Waals surface area contributed by atoms with E-state index in [0.29, 0.717) is 6.42 Å². The molecular weight excluding hydrogens is 223 g/mol. The maximum atomic E-state index is 11.9. The van der Waals surface area contributed by atoms with E-state index in [2.05, 4.69) is 6.92 Å². The van der Waals surface area contributed by atoms with Crippen LogP contribution in [0.15, 0.2) is 0 Å². The van der Waals surface area contributed by atoms with Crippen molar-refractivity contribution in [3.05, 3.63) is 0 Å². The standard InChI is InChI=1S/C12H24O3P/c1-3-4-10-12(2,13)16(14)15-11-8-6-5-7-9-11/h11,13H,3-10H2,1-2H3/q+1. The molecule has 16 heavy (non-hydrogen) atoms. The maximum Gasteiger partial charge on any atom is 0.543 e. The fraction of sp³-hybridized carbons (Fsp3) is 1.00. The van der Waals surface area contributed by atoms with Crippen molar-refractivity contribution in [1.29, 1.82) is 0 Å². The largest absolute Gasteiger partial charge is 0.543 e. The lowest BCUT2D eigenvalue weighted by atomic mass is 9.98. The van der Waals surface area contributed by atoms with Gasteiger partial charge in [-0.05, 0) is 23.8 Å². The van der Waals surface area contributed by atoms with Crippen LogP contribution in [0, 0.1) is 0 Å². The highest BCUT2D eigenvalue weighted by atomic mass is 31.1. The normalized spacial score (nSPS) is 22.8. The summed E-state index contributed by atoms with van der Waals surface area (Å²) in [6, 6.07) is 0. The first kappa shape index (κ1) is 14.1. The summed E-state index contributed by atoms with van der Waals surface area (Å²) in [6.45, 7) is 3.69. The summed E-state index contributed by atoms with van der Waals surface area (Å²) >= 11 is 0. The second-order valence-electron chi connectivity index (χ2n) is 4.94. The van der Waals surface area contributed by atoms with Crippen molar-refractivity contribution in [2.45, 2.75) is 76.7 Å².